The SMILES string of the molecule is CN(O)CCCc1c[nH]c2ccccc12. The molecule has 15 heavy (non-hydrogen) atoms. The third-order valence-electron chi connectivity index (χ3n) is 2.60. The fourth-order valence-corrected chi connectivity index (χ4v) is 1.84. The first kappa shape index (κ1) is 10.2. The zero-order valence-electron chi connectivity index (χ0n) is 8.90. The number of aryl methyl sites for hydroxylation is 1. The van der Waals surface area contributed by atoms with Crippen molar-refractivity contribution in [3.05, 3.63) is 36.0 Å². The summed E-state index contributed by atoms with van der Waals surface area (Å²) in [5, 5.41) is 11.5. The molecule has 0 aliphatic rings. The third-order valence-corrected chi connectivity index (χ3v) is 2.60. The van der Waals surface area contributed by atoms with Crippen LogP contribution in [0.5, 0.6) is 0 Å². The van der Waals surface area contributed by atoms with Crippen molar-refractivity contribution in [1.82, 2.24) is 10.0 Å². The molecule has 80 valence electrons. The number of benzene rings is 1. The Morgan fingerprint density at radius 1 is 1.33 bits per heavy atom. The van der Waals surface area contributed by atoms with Crippen LogP contribution in [0.3, 0.4) is 0 Å². The second-order valence-electron chi connectivity index (χ2n) is 3.84. The largest absolute Gasteiger partial charge is 0.361 e. The third kappa shape index (κ3) is 2.37. The Balaban J connectivity index is 2.08. The molecule has 2 aromatic rings. The van der Waals surface area contributed by atoms with Gasteiger partial charge in [-0.25, -0.2) is 0 Å². The minimum Gasteiger partial charge on any atom is -0.361 e. The lowest BCUT2D eigenvalue weighted by molar-refractivity contribution is -0.0650. The van der Waals surface area contributed by atoms with Gasteiger partial charge < -0.3 is 10.2 Å². The number of rotatable bonds is 4. The first-order chi connectivity index (χ1) is 7.27. The first-order valence-electron chi connectivity index (χ1n) is 5.22. The summed E-state index contributed by atoms with van der Waals surface area (Å²) in [6.45, 7) is 0.708. The molecule has 0 unspecified atom stereocenters. The quantitative estimate of drug-likeness (QED) is 0.751. The van der Waals surface area contributed by atoms with Crippen LogP contribution in [0.4, 0.5) is 0 Å². The highest BCUT2D eigenvalue weighted by Crippen LogP contribution is 2.18. The highest BCUT2D eigenvalue weighted by atomic mass is 16.5. The van der Waals surface area contributed by atoms with Gasteiger partial charge >= 0.3 is 0 Å². The molecule has 0 atom stereocenters. The van der Waals surface area contributed by atoms with E-state index in [0.29, 0.717) is 6.54 Å². The van der Waals surface area contributed by atoms with Crippen LogP contribution in [-0.4, -0.2) is 28.8 Å². The molecule has 0 aliphatic carbocycles. The van der Waals surface area contributed by atoms with Crippen LogP contribution in [0, 0.1) is 0 Å². The topological polar surface area (TPSA) is 39.3 Å². The monoisotopic (exact) mass is 204 g/mol. The maximum atomic E-state index is 9.02. The Morgan fingerprint density at radius 3 is 2.93 bits per heavy atom. The number of aromatic nitrogens is 1. The van der Waals surface area contributed by atoms with Crippen molar-refractivity contribution in [1.29, 1.82) is 0 Å². The predicted molar refractivity (Wildman–Crippen MR) is 61.0 cm³/mol. The van der Waals surface area contributed by atoms with Crippen molar-refractivity contribution >= 4 is 10.9 Å². The summed E-state index contributed by atoms with van der Waals surface area (Å²) >= 11 is 0. The molecular formula is C12H16N2O. The van der Waals surface area contributed by atoms with E-state index in [2.05, 4.69) is 29.4 Å². The standard InChI is InChI=1S/C12H16N2O/c1-14(15)8-4-5-10-9-13-12-7-3-2-6-11(10)12/h2-3,6-7,9,13,15H,4-5,8H2,1H3. The molecule has 0 radical (unpaired) electrons. The molecular weight excluding hydrogens is 188 g/mol. The van der Waals surface area contributed by atoms with Gasteiger partial charge in [0.2, 0.25) is 0 Å². The molecule has 2 N–H and O–H groups in total. The van der Waals surface area contributed by atoms with Crippen molar-refractivity contribution in [3.8, 4) is 0 Å². The number of hydrogen-bond donors (Lipinski definition) is 2. The summed E-state index contributed by atoms with van der Waals surface area (Å²) in [6.07, 6.45) is 4.02. The second kappa shape index (κ2) is 4.47. The second-order valence-corrected chi connectivity index (χ2v) is 3.84. The number of nitrogens with one attached hydrogen (secondary N) is 1. The Kier molecular flexibility index (Phi) is 3.04. The predicted octanol–water partition coefficient (Wildman–Crippen LogP) is 2.42. The molecule has 2 rings (SSSR count). The molecule has 0 saturated heterocycles. The van der Waals surface area contributed by atoms with E-state index in [4.69, 9.17) is 5.21 Å². The number of hydroxylamine groups is 2. The lowest BCUT2D eigenvalue weighted by atomic mass is 10.1. The van der Waals surface area contributed by atoms with E-state index in [1.807, 2.05) is 6.07 Å². The van der Waals surface area contributed by atoms with Crippen molar-refractivity contribution < 1.29 is 5.21 Å². The van der Waals surface area contributed by atoms with Crippen LogP contribution in [-0.2, 0) is 6.42 Å². The van der Waals surface area contributed by atoms with Crippen molar-refractivity contribution in [2.75, 3.05) is 13.6 Å². The average Bonchev–Trinajstić information content (AvgIpc) is 2.62. The molecule has 0 bridgehead atoms. The molecule has 0 aliphatic heterocycles. The van der Waals surface area contributed by atoms with Gasteiger partial charge in [0.15, 0.2) is 0 Å². The van der Waals surface area contributed by atoms with Gasteiger partial charge in [0.1, 0.15) is 0 Å². The van der Waals surface area contributed by atoms with Gasteiger partial charge in [0, 0.05) is 30.7 Å². The van der Waals surface area contributed by atoms with E-state index in [0.717, 1.165) is 12.8 Å². The van der Waals surface area contributed by atoms with Gasteiger partial charge in [0.25, 0.3) is 0 Å². The molecule has 0 saturated carbocycles. The molecule has 0 spiro atoms. The lowest BCUT2D eigenvalue weighted by Crippen LogP contribution is -2.14. The van der Waals surface area contributed by atoms with Crippen LogP contribution in [0.25, 0.3) is 10.9 Å². The van der Waals surface area contributed by atoms with Crippen LogP contribution in [0.2, 0.25) is 0 Å². The van der Waals surface area contributed by atoms with Gasteiger partial charge in [-0.1, -0.05) is 18.2 Å². The highest BCUT2D eigenvalue weighted by molar-refractivity contribution is 5.82. The lowest BCUT2D eigenvalue weighted by Gasteiger charge is -2.06. The zero-order chi connectivity index (χ0) is 10.7. The van der Waals surface area contributed by atoms with Gasteiger partial charge in [0.05, 0.1) is 0 Å². The van der Waals surface area contributed by atoms with Crippen LogP contribution in [0.15, 0.2) is 30.5 Å². The zero-order valence-corrected chi connectivity index (χ0v) is 8.90. The summed E-state index contributed by atoms with van der Waals surface area (Å²) in [5.41, 5.74) is 2.51. The highest BCUT2D eigenvalue weighted by Gasteiger charge is 2.02. The maximum absolute atomic E-state index is 9.02. The Hall–Kier alpha value is -1.32. The summed E-state index contributed by atoms with van der Waals surface area (Å²) in [4.78, 5) is 3.25. The molecule has 1 heterocycles. The normalized spacial score (nSPS) is 11.4. The average molecular weight is 204 g/mol. The van der Waals surface area contributed by atoms with Gasteiger partial charge in [-0.05, 0) is 24.5 Å². The van der Waals surface area contributed by atoms with Gasteiger partial charge in [-0.3, -0.25) is 0 Å². The van der Waals surface area contributed by atoms with E-state index in [9.17, 15) is 0 Å². The summed E-state index contributed by atoms with van der Waals surface area (Å²) in [7, 11) is 1.68. The van der Waals surface area contributed by atoms with Crippen LogP contribution < -0.4 is 0 Å². The molecule has 3 nitrogen and oxygen atoms in total. The van der Waals surface area contributed by atoms with Crippen molar-refractivity contribution in [2.24, 2.45) is 0 Å². The van der Waals surface area contributed by atoms with Crippen LogP contribution >= 0.6 is 0 Å². The van der Waals surface area contributed by atoms with Gasteiger partial charge in [-0.15, -0.1) is 0 Å². The minimum absolute atomic E-state index is 0.708. The van der Waals surface area contributed by atoms with E-state index >= 15 is 0 Å². The number of fused-ring (bicyclic) bond motifs is 1. The first-order valence-corrected chi connectivity index (χ1v) is 5.22. The maximum Gasteiger partial charge on any atom is 0.0456 e. The number of H-pyrrole nitrogens is 1. The summed E-state index contributed by atoms with van der Waals surface area (Å²) < 4.78 is 0. The van der Waals surface area contributed by atoms with Crippen LogP contribution in [0.1, 0.15) is 12.0 Å². The molecule has 0 fully saturated rings. The van der Waals surface area contributed by atoms with Crippen molar-refractivity contribution in [3.63, 3.8) is 0 Å². The van der Waals surface area contributed by atoms with Crippen molar-refractivity contribution in [2.45, 2.75) is 12.8 Å². The van der Waals surface area contributed by atoms with Gasteiger partial charge in [-0.2, -0.15) is 5.06 Å². The number of para-hydroxylation sites is 1. The van der Waals surface area contributed by atoms with E-state index in [1.165, 1.54) is 21.5 Å². The molecule has 3 heteroatoms. The Bertz CT molecular complexity index is 434. The Labute approximate surface area is 89.3 Å². The fraction of sp³-hybridized carbons (Fsp3) is 0.333. The number of aromatic amines is 1. The molecule has 1 aromatic heterocycles. The summed E-state index contributed by atoms with van der Waals surface area (Å²) in [6, 6.07) is 8.29. The molecule has 0 amide bonds. The summed E-state index contributed by atoms with van der Waals surface area (Å²) in [5.74, 6) is 0. The van der Waals surface area contributed by atoms with E-state index in [1.54, 1.807) is 7.05 Å². The van der Waals surface area contributed by atoms with E-state index in [-0.39, 0.29) is 0 Å². The van der Waals surface area contributed by atoms with E-state index < -0.39 is 0 Å². The molecule has 1 aromatic carbocycles. The number of nitrogens with zero attached hydrogens (tertiary/aromatic N) is 1. The smallest absolute Gasteiger partial charge is 0.0456 e. The number of hydrogen-bond acceptors (Lipinski definition) is 2. The Morgan fingerprint density at radius 2 is 2.13 bits per heavy atom. The minimum atomic E-state index is 0.708. The fourth-order valence-electron chi connectivity index (χ4n) is 1.84.